The second-order valence-electron chi connectivity index (χ2n) is 8.58. The predicted octanol–water partition coefficient (Wildman–Crippen LogP) is 2.97. The molecule has 0 saturated carbocycles. The van der Waals surface area contributed by atoms with E-state index in [1.807, 2.05) is 0 Å². The van der Waals surface area contributed by atoms with Gasteiger partial charge in [-0.1, -0.05) is 49.4 Å². The fraction of sp³-hybridized carbons (Fsp3) is 0.440. The molecule has 1 unspecified atom stereocenters. The molecule has 5 atom stereocenters. The maximum Gasteiger partial charge on any atom is 0.177 e. The topological polar surface area (TPSA) is 90.2 Å². The van der Waals surface area contributed by atoms with Crippen molar-refractivity contribution in [2.45, 2.75) is 54.7 Å². The molecular formula is C25H28O5S2. The minimum atomic E-state index is -1.39. The molecule has 0 radical (unpaired) electrons. The summed E-state index contributed by atoms with van der Waals surface area (Å²) < 4.78 is 7.31. The zero-order chi connectivity index (χ0) is 22.5. The smallest absolute Gasteiger partial charge is 0.177 e. The van der Waals surface area contributed by atoms with Crippen LogP contribution in [0.2, 0.25) is 0 Å². The van der Waals surface area contributed by atoms with E-state index >= 15 is 0 Å². The van der Waals surface area contributed by atoms with Crippen LogP contribution < -0.4 is 0 Å². The number of aliphatic hydroxyl groups is 4. The van der Waals surface area contributed by atoms with Gasteiger partial charge in [0.2, 0.25) is 0 Å². The Morgan fingerprint density at radius 2 is 1.78 bits per heavy atom. The first kappa shape index (κ1) is 22.3. The first-order valence-corrected chi connectivity index (χ1v) is 12.8. The van der Waals surface area contributed by atoms with Gasteiger partial charge in [-0.3, -0.25) is 0 Å². The average molecular weight is 473 g/mol. The summed E-state index contributed by atoms with van der Waals surface area (Å²) >= 11 is 2.82. The summed E-state index contributed by atoms with van der Waals surface area (Å²) in [6.45, 7) is 2.26. The molecule has 32 heavy (non-hydrogen) atoms. The standard InChI is InChI=1S/C25H28O5S2/c1-2-14-6-8-15(9-7-14)12-16-4-3-5-17-18-10-11-30-25(24(18)31-22(16)17)23(29)21(28)20(27)19(13-26)32-25/h3-9,19-21,23,26-29H,2,10-13H2,1H3/t19-,20-,21?,23-,25-/m1/s1. The van der Waals surface area contributed by atoms with Gasteiger partial charge in [0.15, 0.2) is 4.93 Å². The van der Waals surface area contributed by atoms with Gasteiger partial charge in [0.25, 0.3) is 0 Å². The second-order valence-corrected chi connectivity index (χ2v) is 11.0. The molecule has 5 rings (SSSR count). The van der Waals surface area contributed by atoms with Crippen molar-refractivity contribution in [3.63, 3.8) is 0 Å². The fourth-order valence-electron chi connectivity index (χ4n) is 4.83. The van der Waals surface area contributed by atoms with E-state index in [-0.39, 0.29) is 6.61 Å². The van der Waals surface area contributed by atoms with Crippen LogP contribution in [0.15, 0.2) is 42.5 Å². The Kier molecular flexibility index (Phi) is 6.09. The summed E-state index contributed by atoms with van der Waals surface area (Å²) in [5, 5.41) is 42.2. The van der Waals surface area contributed by atoms with Gasteiger partial charge in [-0.25, -0.2) is 0 Å². The molecule has 7 heteroatoms. The quantitative estimate of drug-likeness (QED) is 0.467. The summed E-state index contributed by atoms with van der Waals surface area (Å²) in [5.41, 5.74) is 4.92. The lowest BCUT2D eigenvalue weighted by atomic mass is 9.92. The summed E-state index contributed by atoms with van der Waals surface area (Å²) in [7, 11) is 0. The van der Waals surface area contributed by atoms with Crippen LogP contribution in [0.4, 0.5) is 0 Å². The molecule has 2 aliphatic rings. The number of aliphatic hydroxyl groups excluding tert-OH is 4. The third-order valence-corrected chi connectivity index (χ3v) is 9.87. The zero-order valence-electron chi connectivity index (χ0n) is 17.9. The van der Waals surface area contributed by atoms with Gasteiger partial charge in [-0.2, -0.15) is 0 Å². The number of thiophene rings is 1. The SMILES string of the molecule is CCc1ccc(Cc2cccc3c4c(sc23)[C@]2(OCC4)S[C@H](CO)[C@@H](O)C(O)[C@H]2O)cc1. The molecule has 2 aliphatic heterocycles. The van der Waals surface area contributed by atoms with Crippen LogP contribution in [0.25, 0.3) is 10.1 Å². The van der Waals surface area contributed by atoms with Gasteiger partial charge >= 0.3 is 0 Å². The van der Waals surface area contributed by atoms with E-state index in [1.165, 1.54) is 28.5 Å². The van der Waals surface area contributed by atoms with E-state index < -0.39 is 28.5 Å². The van der Waals surface area contributed by atoms with Gasteiger partial charge in [0.1, 0.15) is 12.2 Å². The van der Waals surface area contributed by atoms with Crippen molar-refractivity contribution >= 4 is 33.2 Å². The van der Waals surface area contributed by atoms with Crippen molar-refractivity contribution in [3.8, 4) is 0 Å². The molecule has 1 saturated heterocycles. The Balaban J connectivity index is 1.59. The van der Waals surface area contributed by atoms with Crippen molar-refractivity contribution in [3.05, 3.63) is 69.6 Å². The highest BCUT2D eigenvalue weighted by molar-refractivity contribution is 8.01. The van der Waals surface area contributed by atoms with Crippen molar-refractivity contribution in [1.29, 1.82) is 0 Å². The largest absolute Gasteiger partial charge is 0.395 e. The third kappa shape index (κ3) is 3.51. The number of thioether (sulfide) groups is 1. The fourth-order valence-corrected chi connectivity index (χ4v) is 8.02. The third-order valence-electron chi connectivity index (χ3n) is 6.66. The Labute approximate surface area is 195 Å². The molecule has 3 aromatic rings. The van der Waals surface area contributed by atoms with E-state index in [1.54, 1.807) is 11.3 Å². The highest BCUT2D eigenvalue weighted by Crippen LogP contribution is 2.56. The summed E-state index contributed by atoms with van der Waals surface area (Å²) in [6.07, 6.45) is -1.34. The number of rotatable bonds is 4. The first-order chi connectivity index (χ1) is 15.5. The normalized spacial score (nSPS) is 30.0. The zero-order valence-corrected chi connectivity index (χ0v) is 19.5. The monoisotopic (exact) mass is 472 g/mol. The summed E-state index contributed by atoms with van der Waals surface area (Å²) in [5.74, 6) is 0. The molecule has 0 bridgehead atoms. The first-order valence-electron chi connectivity index (χ1n) is 11.1. The minimum absolute atomic E-state index is 0.306. The van der Waals surface area contributed by atoms with Crippen LogP contribution in [0.5, 0.6) is 0 Å². The Morgan fingerprint density at radius 1 is 1.03 bits per heavy atom. The van der Waals surface area contributed by atoms with Crippen molar-refractivity contribution < 1.29 is 25.2 Å². The molecule has 1 fully saturated rings. The molecule has 4 N–H and O–H groups in total. The highest BCUT2D eigenvalue weighted by Gasteiger charge is 2.57. The number of ether oxygens (including phenoxy) is 1. The summed E-state index contributed by atoms with van der Waals surface area (Å²) in [6, 6.07) is 15.0. The predicted molar refractivity (Wildman–Crippen MR) is 128 cm³/mol. The van der Waals surface area contributed by atoms with E-state index in [2.05, 4.69) is 49.4 Å². The second kappa shape index (κ2) is 8.72. The number of hydrogen-bond acceptors (Lipinski definition) is 7. The van der Waals surface area contributed by atoms with Crippen LogP contribution in [-0.2, 0) is 28.9 Å². The maximum absolute atomic E-state index is 11.0. The Hall–Kier alpha value is -1.45. The molecule has 1 spiro atoms. The van der Waals surface area contributed by atoms with Crippen LogP contribution in [0.3, 0.4) is 0 Å². The number of aryl methyl sites for hydroxylation is 1. The molecule has 0 aliphatic carbocycles. The van der Waals surface area contributed by atoms with Crippen molar-refractivity contribution in [2.24, 2.45) is 0 Å². The van der Waals surface area contributed by atoms with Gasteiger partial charge in [-0.15, -0.1) is 23.1 Å². The minimum Gasteiger partial charge on any atom is -0.395 e. The van der Waals surface area contributed by atoms with Crippen molar-refractivity contribution in [1.82, 2.24) is 0 Å². The number of benzene rings is 2. The molecule has 170 valence electrons. The average Bonchev–Trinajstić information content (AvgIpc) is 3.22. The molecule has 2 aromatic carbocycles. The molecule has 5 nitrogen and oxygen atoms in total. The molecule has 3 heterocycles. The van der Waals surface area contributed by atoms with E-state index in [0.717, 1.165) is 39.8 Å². The lowest BCUT2D eigenvalue weighted by molar-refractivity contribution is -0.154. The maximum atomic E-state index is 11.0. The van der Waals surface area contributed by atoms with Gasteiger partial charge in [0.05, 0.1) is 29.4 Å². The summed E-state index contributed by atoms with van der Waals surface area (Å²) in [4.78, 5) is -0.307. The lowest BCUT2D eigenvalue weighted by Gasteiger charge is -2.49. The van der Waals surface area contributed by atoms with Gasteiger partial charge in [0, 0.05) is 4.70 Å². The van der Waals surface area contributed by atoms with Crippen LogP contribution in [0, 0.1) is 0 Å². The van der Waals surface area contributed by atoms with E-state index in [4.69, 9.17) is 4.74 Å². The van der Waals surface area contributed by atoms with Gasteiger partial charge < -0.3 is 25.2 Å². The number of fused-ring (bicyclic) bond motifs is 4. The van der Waals surface area contributed by atoms with Crippen LogP contribution >= 0.6 is 23.1 Å². The van der Waals surface area contributed by atoms with Crippen LogP contribution in [-0.4, -0.2) is 57.2 Å². The molecular weight excluding hydrogens is 444 g/mol. The van der Waals surface area contributed by atoms with E-state index in [0.29, 0.717) is 6.61 Å². The molecule has 0 amide bonds. The van der Waals surface area contributed by atoms with E-state index in [9.17, 15) is 20.4 Å². The Morgan fingerprint density at radius 3 is 2.50 bits per heavy atom. The highest BCUT2D eigenvalue weighted by atomic mass is 32.2. The Bertz CT molecular complexity index is 1110. The number of hydrogen-bond donors (Lipinski definition) is 4. The van der Waals surface area contributed by atoms with Gasteiger partial charge in [-0.05, 0) is 46.9 Å². The lowest BCUT2D eigenvalue weighted by Crippen LogP contribution is -2.60. The van der Waals surface area contributed by atoms with Crippen LogP contribution in [0.1, 0.15) is 34.1 Å². The molecule has 1 aromatic heterocycles. The van der Waals surface area contributed by atoms with Crippen molar-refractivity contribution in [2.75, 3.05) is 13.2 Å².